The lowest BCUT2D eigenvalue weighted by Gasteiger charge is -2.19. The topological polar surface area (TPSA) is 40.5 Å². The number of halogens is 2. The molecule has 0 aliphatic rings. The van der Waals surface area contributed by atoms with E-state index in [0.29, 0.717) is 11.6 Å². The van der Waals surface area contributed by atoms with Crippen molar-refractivity contribution in [1.29, 1.82) is 0 Å². The summed E-state index contributed by atoms with van der Waals surface area (Å²) in [5.41, 5.74) is 1.04. The standard InChI is InChI=1S/C12H16ClNO2.ClH/c1-2-6-14(9-12(15)16)8-10-4-3-5-11(13)7-10;/h3-5,7H,2,6,8-9H2,1H3,(H,15,16);1H. The molecule has 0 aliphatic carbocycles. The van der Waals surface area contributed by atoms with E-state index in [1.54, 1.807) is 0 Å². The number of hydrogen-bond donors (Lipinski definition) is 1. The maximum Gasteiger partial charge on any atom is 0.317 e. The summed E-state index contributed by atoms with van der Waals surface area (Å²) in [5.74, 6) is -0.796. The Morgan fingerprint density at radius 3 is 2.71 bits per heavy atom. The van der Waals surface area contributed by atoms with Gasteiger partial charge in [-0.25, -0.2) is 0 Å². The monoisotopic (exact) mass is 277 g/mol. The van der Waals surface area contributed by atoms with Crippen LogP contribution in [0.1, 0.15) is 18.9 Å². The minimum Gasteiger partial charge on any atom is -0.480 e. The summed E-state index contributed by atoms with van der Waals surface area (Å²) < 4.78 is 0. The second-order valence-corrected chi connectivity index (χ2v) is 4.17. The molecule has 0 aliphatic heterocycles. The van der Waals surface area contributed by atoms with Crippen molar-refractivity contribution < 1.29 is 9.90 Å². The molecule has 0 saturated heterocycles. The predicted molar refractivity (Wildman–Crippen MR) is 71.9 cm³/mol. The van der Waals surface area contributed by atoms with Gasteiger partial charge in [-0.05, 0) is 30.7 Å². The van der Waals surface area contributed by atoms with Crippen LogP contribution in [0.2, 0.25) is 5.02 Å². The van der Waals surface area contributed by atoms with E-state index in [9.17, 15) is 4.79 Å². The third kappa shape index (κ3) is 6.51. The number of carboxylic acid groups (broad SMARTS) is 1. The number of rotatable bonds is 6. The molecule has 0 radical (unpaired) electrons. The Kier molecular flexibility index (Phi) is 7.96. The Balaban J connectivity index is 0.00000256. The smallest absolute Gasteiger partial charge is 0.317 e. The van der Waals surface area contributed by atoms with Gasteiger partial charge in [0.15, 0.2) is 0 Å². The highest BCUT2D eigenvalue weighted by Gasteiger charge is 2.09. The second kappa shape index (κ2) is 8.34. The van der Waals surface area contributed by atoms with Crippen molar-refractivity contribution in [2.24, 2.45) is 0 Å². The highest BCUT2D eigenvalue weighted by Crippen LogP contribution is 2.12. The maximum atomic E-state index is 10.7. The van der Waals surface area contributed by atoms with Crippen LogP contribution in [-0.4, -0.2) is 29.1 Å². The molecule has 0 aromatic heterocycles. The predicted octanol–water partition coefficient (Wildman–Crippen LogP) is 3.06. The molecule has 0 fully saturated rings. The second-order valence-electron chi connectivity index (χ2n) is 3.73. The molecule has 1 aromatic carbocycles. The van der Waals surface area contributed by atoms with Crippen LogP contribution in [-0.2, 0) is 11.3 Å². The summed E-state index contributed by atoms with van der Waals surface area (Å²) in [4.78, 5) is 12.6. The van der Waals surface area contributed by atoms with Crippen LogP contribution in [0.3, 0.4) is 0 Å². The number of benzene rings is 1. The molecule has 0 amide bonds. The Bertz CT molecular complexity index is 358. The van der Waals surface area contributed by atoms with E-state index in [4.69, 9.17) is 16.7 Å². The van der Waals surface area contributed by atoms with E-state index >= 15 is 0 Å². The van der Waals surface area contributed by atoms with Crippen molar-refractivity contribution >= 4 is 30.0 Å². The third-order valence-electron chi connectivity index (χ3n) is 2.19. The Morgan fingerprint density at radius 2 is 2.18 bits per heavy atom. The van der Waals surface area contributed by atoms with Crippen molar-refractivity contribution in [3.63, 3.8) is 0 Å². The molecule has 0 heterocycles. The first kappa shape index (κ1) is 16.2. The number of carboxylic acids is 1. The van der Waals surface area contributed by atoms with Gasteiger partial charge in [0.25, 0.3) is 0 Å². The minimum absolute atomic E-state index is 0. The molecule has 1 aromatic rings. The van der Waals surface area contributed by atoms with Crippen LogP contribution < -0.4 is 0 Å². The minimum atomic E-state index is -0.796. The molecule has 0 unspecified atom stereocenters. The van der Waals surface area contributed by atoms with Crippen molar-refractivity contribution in [3.05, 3.63) is 34.9 Å². The zero-order valence-electron chi connectivity index (χ0n) is 9.73. The summed E-state index contributed by atoms with van der Waals surface area (Å²) in [6.07, 6.45) is 0.938. The van der Waals surface area contributed by atoms with Crippen LogP contribution >= 0.6 is 24.0 Å². The van der Waals surface area contributed by atoms with E-state index in [2.05, 4.69) is 0 Å². The Hall–Kier alpha value is -0.770. The number of carbonyl (C=O) groups is 1. The van der Waals surface area contributed by atoms with Gasteiger partial charge < -0.3 is 5.11 Å². The molecule has 1 N–H and O–H groups in total. The first-order chi connectivity index (χ1) is 7.61. The zero-order chi connectivity index (χ0) is 12.0. The number of hydrogen-bond acceptors (Lipinski definition) is 2. The highest BCUT2D eigenvalue weighted by molar-refractivity contribution is 6.30. The zero-order valence-corrected chi connectivity index (χ0v) is 11.3. The van der Waals surface area contributed by atoms with Gasteiger partial charge in [-0.3, -0.25) is 9.69 Å². The van der Waals surface area contributed by atoms with E-state index in [1.165, 1.54) is 0 Å². The van der Waals surface area contributed by atoms with Gasteiger partial charge >= 0.3 is 5.97 Å². The average molecular weight is 278 g/mol. The van der Waals surface area contributed by atoms with E-state index in [0.717, 1.165) is 18.5 Å². The van der Waals surface area contributed by atoms with E-state index < -0.39 is 5.97 Å². The third-order valence-corrected chi connectivity index (χ3v) is 2.43. The summed E-state index contributed by atoms with van der Waals surface area (Å²) in [6, 6.07) is 7.51. The summed E-state index contributed by atoms with van der Waals surface area (Å²) in [6.45, 7) is 3.51. The molecular formula is C12H17Cl2NO2. The quantitative estimate of drug-likeness (QED) is 0.869. The van der Waals surface area contributed by atoms with E-state index in [1.807, 2.05) is 36.1 Å². The molecule has 1 rings (SSSR count). The fourth-order valence-electron chi connectivity index (χ4n) is 1.62. The molecule has 0 atom stereocenters. The fourth-order valence-corrected chi connectivity index (χ4v) is 1.83. The largest absolute Gasteiger partial charge is 0.480 e. The van der Waals surface area contributed by atoms with Crippen molar-refractivity contribution in [1.82, 2.24) is 4.90 Å². The highest BCUT2D eigenvalue weighted by atomic mass is 35.5. The van der Waals surface area contributed by atoms with Crippen LogP contribution in [0.15, 0.2) is 24.3 Å². The lowest BCUT2D eigenvalue weighted by molar-refractivity contribution is -0.138. The van der Waals surface area contributed by atoms with Crippen LogP contribution in [0.25, 0.3) is 0 Å². The SMILES string of the molecule is CCCN(CC(=O)O)Cc1cccc(Cl)c1.Cl. The molecule has 0 spiro atoms. The van der Waals surface area contributed by atoms with Gasteiger partial charge in [-0.1, -0.05) is 30.7 Å². The van der Waals surface area contributed by atoms with Crippen molar-refractivity contribution in [2.75, 3.05) is 13.1 Å². The van der Waals surface area contributed by atoms with E-state index in [-0.39, 0.29) is 19.0 Å². The molecule has 17 heavy (non-hydrogen) atoms. The van der Waals surface area contributed by atoms with Gasteiger partial charge in [-0.2, -0.15) is 0 Å². The lowest BCUT2D eigenvalue weighted by atomic mass is 10.2. The maximum absolute atomic E-state index is 10.7. The molecule has 3 nitrogen and oxygen atoms in total. The fraction of sp³-hybridized carbons (Fsp3) is 0.417. The molecule has 96 valence electrons. The average Bonchev–Trinajstić information content (AvgIpc) is 2.16. The molecule has 5 heteroatoms. The normalized spacial score (nSPS) is 10.1. The van der Waals surface area contributed by atoms with Crippen LogP contribution in [0.5, 0.6) is 0 Å². The Morgan fingerprint density at radius 1 is 1.47 bits per heavy atom. The number of nitrogens with zero attached hydrogens (tertiary/aromatic N) is 1. The summed E-state index contributed by atoms with van der Waals surface area (Å²) in [7, 11) is 0. The summed E-state index contributed by atoms with van der Waals surface area (Å²) in [5, 5.41) is 9.46. The first-order valence-corrected chi connectivity index (χ1v) is 5.68. The van der Waals surface area contributed by atoms with Gasteiger partial charge in [0.1, 0.15) is 0 Å². The van der Waals surface area contributed by atoms with Gasteiger partial charge in [-0.15, -0.1) is 12.4 Å². The van der Waals surface area contributed by atoms with Gasteiger partial charge in [0.2, 0.25) is 0 Å². The molecular weight excluding hydrogens is 261 g/mol. The first-order valence-electron chi connectivity index (χ1n) is 5.30. The molecule has 0 saturated carbocycles. The van der Waals surface area contributed by atoms with Gasteiger partial charge in [0, 0.05) is 11.6 Å². The summed E-state index contributed by atoms with van der Waals surface area (Å²) >= 11 is 5.88. The molecule has 0 bridgehead atoms. The van der Waals surface area contributed by atoms with Crippen LogP contribution in [0.4, 0.5) is 0 Å². The van der Waals surface area contributed by atoms with Crippen molar-refractivity contribution in [2.45, 2.75) is 19.9 Å². The lowest BCUT2D eigenvalue weighted by Crippen LogP contribution is -2.30. The Labute approximate surface area is 113 Å². The number of aliphatic carboxylic acids is 1. The van der Waals surface area contributed by atoms with Crippen LogP contribution in [0, 0.1) is 0 Å². The van der Waals surface area contributed by atoms with Crippen molar-refractivity contribution in [3.8, 4) is 0 Å². The van der Waals surface area contributed by atoms with Gasteiger partial charge in [0.05, 0.1) is 6.54 Å².